The van der Waals surface area contributed by atoms with Gasteiger partial charge in [-0.2, -0.15) is 0 Å². The summed E-state index contributed by atoms with van der Waals surface area (Å²) in [7, 11) is 0. The maximum absolute atomic E-state index is 13.3. The number of rotatable bonds is 7. The summed E-state index contributed by atoms with van der Waals surface area (Å²) in [5, 5.41) is 4.42. The van der Waals surface area contributed by atoms with Crippen molar-refractivity contribution in [3.05, 3.63) is 71.8 Å². The summed E-state index contributed by atoms with van der Waals surface area (Å²) in [5.74, 6) is 0.828. The molecule has 0 bridgehead atoms. The van der Waals surface area contributed by atoms with Gasteiger partial charge in [0.1, 0.15) is 5.69 Å². The number of nitrogens with zero attached hydrogens (tertiary/aromatic N) is 3. The molecule has 4 rings (SSSR count). The first kappa shape index (κ1) is 21.1. The van der Waals surface area contributed by atoms with Crippen molar-refractivity contribution in [2.75, 3.05) is 31.2 Å². The third-order valence-corrected chi connectivity index (χ3v) is 5.58. The highest BCUT2D eigenvalue weighted by Gasteiger charge is 2.28. The summed E-state index contributed by atoms with van der Waals surface area (Å²) in [6.45, 7) is 7.35. The Bertz CT molecular complexity index is 980. The van der Waals surface area contributed by atoms with Gasteiger partial charge in [0, 0.05) is 24.7 Å². The lowest BCUT2D eigenvalue weighted by Crippen LogP contribution is -2.39. The van der Waals surface area contributed by atoms with Crippen LogP contribution < -0.4 is 4.90 Å². The molecule has 31 heavy (non-hydrogen) atoms. The van der Waals surface area contributed by atoms with Crippen LogP contribution in [0.3, 0.4) is 0 Å². The van der Waals surface area contributed by atoms with E-state index in [-0.39, 0.29) is 11.9 Å². The van der Waals surface area contributed by atoms with E-state index in [1.165, 1.54) is 0 Å². The lowest BCUT2D eigenvalue weighted by Gasteiger charge is -2.30. The van der Waals surface area contributed by atoms with Crippen molar-refractivity contribution in [2.24, 2.45) is 0 Å². The minimum atomic E-state index is 0.0484. The molecule has 0 saturated carbocycles. The van der Waals surface area contributed by atoms with E-state index >= 15 is 0 Å². The number of carbonyl (C=O) groups is 1. The van der Waals surface area contributed by atoms with Gasteiger partial charge in [0.2, 0.25) is 11.8 Å². The molecule has 6 heteroatoms. The fourth-order valence-electron chi connectivity index (χ4n) is 3.88. The van der Waals surface area contributed by atoms with E-state index < -0.39 is 0 Å². The molecule has 1 aliphatic heterocycles. The molecule has 3 aromatic rings. The molecular formula is C25H29N3O3. The number of aromatic nitrogens is 1. The van der Waals surface area contributed by atoms with E-state index in [2.05, 4.69) is 10.1 Å². The topological polar surface area (TPSA) is 58.8 Å². The van der Waals surface area contributed by atoms with Crippen molar-refractivity contribution in [1.82, 2.24) is 10.1 Å². The first-order valence-corrected chi connectivity index (χ1v) is 10.8. The van der Waals surface area contributed by atoms with Crippen molar-refractivity contribution in [2.45, 2.75) is 32.9 Å². The molecule has 2 heterocycles. The van der Waals surface area contributed by atoms with Gasteiger partial charge in [0.25, 0.3) is 0 Å². The molecule has 0 unspecified atom stereocenters. The average molecular weight is 420 g/mol. The van der Waals surface area contributed by atoms with Crippen LogP contribution in [0.2, 0.25) is 0 Å². The summed E-state index contributed by atoms with van der Waals surface area (Å²) in [6, 6.07) is 19.9. The van der Waals surface area contributed by atoms with Crippen molar-refractivity contribution >= 4 is 11.8 Å². The molecule has 0 atom stereocenters. The van der Waals surface area contributed by atoms with Crippen LogP contribution in [-0.2, 0) is 22.5 Å². The maximum Gasteiger partial charge on any atom is 0.233 e. The highest BCUT2D eigenvalue weighted by molar-refractivity contribution is 5.80. The minimum absolute atomic E-state index is 0.0484. The molecule has 1 amide bonds. The van der Waals surface area contributed by atoms with Crippen LogP contribution in [-0.4, -0.2) is 48.3 Å². The lowest BCUT2D eigenvalue weighted by molar-refractivity contribution is -0.132. The van der Waals surface area contributed by atoms with Crippen LogP contribution in [0.15, 0.2) is 65.2 Å². The summed E-state index contributed by atoms with van der Waals surface area (Å²) >= 11 is 0. The molecule has 0 N–H and O–H groups in total. The Morgan fingerprint density at radius 2 is 1.68 bits per heavy atom. The molecular weight excluding hydrogens is 390 g/mol. The zero-order valence-corrected chi connectivity index (χ0v) is 18.2. The number of hydrogen-bond donors (Lipinski definition) is 0. The van der Waals surface area contributed by atoms with Gasteiger partial charge in [-0.1, -0.05) is 65.8 Å². The Balaban J connectivity index is 1.66. The second-order valence-electron chi connectivity index (χ2n) is 8.06. The third-order valence-electron chi connectivity index (χ3n) is 5.58. The number of morpholine rings is 1. The predicted molar refractivity (Wildman–Crippen MR) is 121 cm³/mol. The van der Waals surface area contributed by atoms with Crippen LogP contribution >= 0.6 is 0 Å². The number of ether oxygens (including phenoxy) is 1. The average Bonchev–Trinajstić information content (AvgIpc) is 3.22. The van der Waals surface area contributed by atoms with Crippen LogP contribution in [0.5, 0.6) is 0 Å². The van der Waals surface area contributed by atoms with Crippen molar-refractivity contribution in [3.8, 4) is 11.3 Å². The monoisotopic (exact) mass is 419 g/mol. The first-order valence-electron chi connectivity index (χ1n) is 10.8. The SMILES string of the molecule is CC(C)N(Cc1c(-c2ccccc2)noc1N1CCOCC1)C(=O)Cc1ccccc1. The number of carbonyl (C=O) groups excluding carboxylic acids is 1. The number of benzene rings is 2. The van der Waals surface area contributed by atoms with E-state index in [9.17, 15) is 4.79 Å². The molecule has 0 spiro atoms. The van der Waals surface area contributed by atoms with E-state index in [4.69, 9.17) is 9.26 Å². The largest absolute Gasteiger partial charge is 0.378 e. The summed E-state index contributed by atoms with van der Waals surface area (Å²) in [5.41, 5.74) is 3.74. The highest BCUT2D eigenvalue weighted by Crippen LogP contribution is 2.33. The van der Waals surface area contributed by atoms with E-state index in [1.807, 2.05) is 79.4 Å². The van der Waals surface area contributed by atoms with Crippen LogP contribution in [0.4, 0.5) is 5.88 Å². The molecule has 1 aliphatic rings. The predicted octanol–water partition coefficient (Wildman–Crippen LogP) is 4.16. The van der Waals surface area contributed by atoms with Crippen LogP contribution in [0.1, 0.15) is 25.0 Å². The Morgan fingerprint density at radius 3 is 2.32 bits per heavy atom. The smallest absolute Gasteiger partial charge is 0.233 e. The Labute approximate surface area is 183 Å². The normalized spacial score (nSPS) is 14.1. The van der Waals surface area contributed by atoms with Gasteiger partial charge in [-0.05, 0) is 19.4 Å². The molecule has 0 aliphatic carbocycles. The zero-order chi connectivity index (χ0) is 21.6. The second-order valence-corrected chi connectivity index (χ2v) is 8.06. The van der Waals surface area contributed by atoms with Gasteiger partial charge in [-0.25, -0.2) is 0 Å². The van der Waals surface area contributed by atoms with Crippen LogP contribution in [0, 0.1) is 0 Å². The van der Waals surface area contributed by atoms with Gasteiger partial charge >= 0.3 is 0 Å². The summed E-state index contributed by atoms with van der Waals surface area (Å²) < 4.78 is 11.4. The number of anilines is 1. The van der Waals surface area contributed by atoms with Crippen molar-refractivity contribution in [3.63, 3.8) is 0 Å². The van der Waals surface area contributed by atoms with Crippen LogP contribution in [0.25, 0.3) is 11.3 Å². The molecule has 1 fully saturated rings. The Morgan fingerprint density at radius 1 is 1.03 bits per heavy atom. The first-order chi connectivity index (χ1) is 15.1. The molecule has 1 aromatic heterocycles. The molecule has 6 nitrogen and oxygen atoms in total. The van der Waals surface area contributed by atoms with E-state index in [0.717, 1.165) is 41.4 Å². The Kier molecular flexibility index (Phi) is 6.67. The third kappa shape index (κ3) is 4.97. The van der Waals surface area contributed by atoms with E-state index in [0.29, 0.717) is 26.2 Å². The lowest BCUT2D eigenvalue weighted by atomic mass is 10.1. The van der Waals surface area contributed by atoms with Crippen molar-refractivity contribution < 1.29 is 14.1 Å². The standard InChI is InChI=1S/C25H29N3O3/c1-19(2)28(23(29)17-20-9-5-3-6-10-20)18-22-24(21-11-7-4-8-12-21)26-31-25(22)27-13-15-30-16-14-27/h3-12,19H,13-18H2,1-2H3. The fourth-order valence-corrected chi connectivity index (χ4v) is 3.88. The highest BCUT2D eigenvalue weighted by atomic mass is 16.5. The zero-order valence-electron chi connectivity index (χ0n) is 18.2. The van der Waals surface area contributed by atoms with E-state index in [1.54, 1.807) is 0 Å². The molecule has 2 aromatic carbocycles. The van der Waals surface area contributed by atoms with Crippen molar-refractivity contribution in [1.29, 1.82) is 0 Å². The number of hydrogen-bond acceptors (Lipinski definition) is 5. The molecule has 1 saturated heterocycles. The van der Waals surface area contributed by atoms with Gasteiger partial charge in [-0.15, -0.1) is 0 Å². The maximum atomic E-state index is 13.3. The number of amides is 1. The molecule has 0 radical (unpaired) electrons. The molecule has 162 valence electrons. The Hall–Kier alpha value is -3.12. The summed E-state index contributed by atoms with van der Waals surface area (Å²) in [6.07, 6.45) is 0.373. The summed E-state index contributed by atoms with van der Waals surface area (Å²) in [4.78, 5) is 17.3. The quantitative estimate of drug-likeness (QED) is 0.576. The van der Waals surface area contributed by atoms with Gasteiger partial charge < -0.3 is 19.1 Å². The van der Waals surface area contributed by atoms with Gasteiger partial charge in [-0.3, -0.25) is 4.79 Å². The second kappa shape index (κ2) is 9.79. The minimum Gasteiger partial charge on any atom is -0.378 e. The fraction of sp³-hybridized carbons (Fsp3) is 0.360. The van der Waals surface area contributed by atoms with Gasteiger partial charge in [0.05, 0.1) is 31.7 Å². The van der Waals surface area contributed by atoms with Gasteiger partial charge in [0.15, 0.2) is 0 Å².